The van der Waals surface area contributed by atoms with Gasteiger partial charge in [0.25, 0.3) is 0 Å². The van der Waals surface area contributed by atoms with Gasteiger partial charge in [0, 0.05) is 17.7 Å². The number of aryl methyl sites for hydroxylation is 1. The van der Waals surface area contributed by atoms with E-state index in [1.165, 1.54) is 20.3 Å². The maximum atomic E-state index is 12.4. The van der Waals surface area contributed by atoms with Crippen LogP contribution in [0.15, 0.2) is 48.5 Å². The number of carbonyl (C=O) groups excluding carboxylic acids is 1. The highest BCUT2D eigenvalue weighted by molar-refractivity contribution is 6.32. The van der Waals surface area contributed by atoms with Crippen molar-refractivity contribution in [3.63, 3.8) is 0 Å². The summed E-state index contributed by atoms with van der Waals surface area (Å²) in [6.45, 7) is 2.39. The number of benzene rings is 2. The topological polar surface area (TPSA) is 65.4 Å². The fraction of sp³-hybridized carbons (Fsp3) is 0.182. The molecule has 1 amide bonds. The Labute approximate surface area is 185 Å². The molecular weight excluding hydrogens is 425 g/mol. The SMILES string of the molecule is COc1cc(OC)c(NC(=O)/C=C/c2c(C)nn(Cc3ccccc3)c2Cl)cc1Cl. The molecule has 0 bridgehead atoms. The van der Waals surface area contributed by atoms with Crippen LogP contribution in [-0.2, 0) is 11.3 Å². The molecule has 0 atom stereocenters. The first-order chi connectivity index (χ1) is 14.4. The third-order valence-electron chi connectivity index (χ3n) is 4.42. The number of amides is 1. The number of rotatable bonds is 7. The molecule has 0 spiro atoms. The molecule has 0 saturated heterocycles. The van der Waals surface area contributed by atoms with Crippen LogP contribution in [0.3, 0.4) is 0 Å². The van der Waals surface area contributed by atoms with Crippen LogP contribution in [0.1, 0.15) is 16.8 Å². The summed E-state index contributed by atoms with van der Waals surface area (Å²) in [6, 6.07) is 13.1. The Morgan fingerprint density at radius 2 is 1.83 bits per heavy atom. The number of ether oxygens (including phenoxy) is 2. The van der Waals surface area contributed by atoms with Crippen LogP contribution in [0.5, 0.6) is 11.5 Å². The summed E-state index contributed by atoms with van der Waals surface area (Å²) < 4.78 is 12.2. The molecule has 1 N–H and O–H groups in total. The van der Waals surface area contributed by atoms with E-state index in [1.54, 1.807) is 22.9 Å². The summed E-state index contributed by atoms with van der Waals surface area (Å²) in [5.41, 5.74) is 2.92. The van der Waals surface area contributed by atoms with Gasteiger partial charge in [0.2, 0.25) is 5.91 Å². The van der Waals surface area contributed by atoms with Crippen LogP contribution in [0, 0.1) is 6.92 Å². The summed E-state index contributed by atoms with van der Waals surface area (Å²) in [5, 5.41) is 8.05. The number of carbonyl (C=O) groups is 1. The highest BCUT2D eigenvalue weighted by atomic mass is 35.5. The Bertz CT molecular complexity index is 1080. The summed E-state index contributed by atoms with van der Waals surface area (Å²) in [7, 11) is 3.00. The normalized spacial score (nSPS) is 11.0. The monoisotopic (exact) mass is 445 g/mol. The van der Waals surface area contributed by atoms with E-state index in [4.69, 9.17) is 32.7 Å². The van der Waals surface area contributed by atoms with Crippen LogP contribution in [0.25, 0.3) is 6.08 Å². The van der Waals surface area contributed by atoms with E-state index >= 15 is 0 Å². The van der Waals surface area contributed by atoms with Crippen LogP contribution < -0.4 is 14.8 Å². The van der Waals surface area contributed by atoms with E-state index in [0.29, 0.717) is 39.5 Å². The second-order valence-corrected chi connectivity index (χ2v) is 7.21. The molecule has 3 aromatic rings. The first-order valence-electron chi connectivity index (χ1n) is 9.10. The van der Waals surface area contributed by atoms with Crippen molar-refractivity contribution in [1.82, 2.24) is 9.78 Å². The zero-order valence-electron chi connectivity index (χ0n) is 16.8. The maximum absolute atomic E-state index is 12.4. The van der Waals surface area contributed by atoms with E-state index in [9.17, 15) is 4.79 Å². The Morgan fingerprint density at radius 1 is 1.13 bits per heavy atom. The fourth-order valence-corrected chi connectivity index (χ4v) is 3.45. The third kappa shape index (κ3) is 4.96. The second-order valence-electron chi connectivity index (χ2n) is 6.44. The predicted octanol–water partition coefficient (Wildman–Crippen LogP) is 5.22. The van der Waals surface area contributed by atoms with Crippen molar-refractivity contribution in [3.05, 3.63) is 75.5 Å². The van der Waals surface area contributed by atoms with E-state index in [1.807, 2.05) is 37.3 Å². The molecule has 2 aromatic carbocycles. The standard InChI is InChI=1S/C22H21Cl2N3O3/c1-14-16(22(24)27(26-14)13-15-7-5-4-6-8-15)9-10-21(28)25-18-11-17(23)19(29-2)12-20(18)30-3/h4-12H,13H2,1-3H3,(H,25,28)/b10-9+. The van der Waals surface area contributed by atoms with Gasteiger partial charge in [0.1, 0.15) is 16.7 Å². The van der Waals surface area contributed by atoms with Crippen LogP contribution in [0.4, 0.5) is 5.69 Å². The molecule has 0 aliphatic heterocycles. The molecule has 3 rings (SSSR count). The molecule has 6 nitrogen and oxygen atoms in total. The quantitative estimate of drug-likeness (QED) is 0.506. The molecule has 0 unspecified atom stereocenters. The second kappa shape index (κ2) is 9.69. The number of aromatic nitrogens is 2. The minimum absolute atomic E-state index is 0.360. The van der Waals surface area contributed by atoms with Crippen LogP contribution in [-0.4, -0.2) is 29.9 Å². The first-order valence-corrected chi connectivity index (χ1v) is 9.86. The van der Waals surface area contributed by atoms with Crippen molar-refractivity contribution in [3.8, 4) is 11.5 Å². The van der Waals surface area contributed by atoms with E-state index in [0.717, 1.165) is 11.3 Å². The van der Waals surface area contributed by atoms with Gasteiger partial charge < -0.3 is 14.8 Å². The van der Waals surface area contributed by atoms with Gasteiger partial charge in [-0.05, 0) is 24.6 Å². The van der Waals surface area contributed by atoms with Gasteiger partial charge in [-0.25, -0.2) is 4.68 Å². The summed E-state index contributed by atoms with van der Waals surface area (Å²) in [6.07, 6.45) is 3.03. The molecule has 8 heteroatoms. The lowest BCUT2D eigenvalue weighted by Gasteiger charge is -2.12. The Kier molecular flexibility index (Phi) is 7.03. The first kappa shape index (κ1) is 21.7. The number of halogens is 2. The van der Waals surface area contributed by atoms with Gasteiger partial charge in [0.05, 0.1) is 37.2 Å². The number of nitrogens with zero attached hydrogens (tertiary/aromatic N) is 2. The lowest BCUT2D eigenvalue weighted by molar-refractivity contribution is -0.111. The molecule has 0 saturated carbocycles. The van der Waals surface area contributed by atoms with Gasteiger partial charge in [-0.15, -0.1) is 0 Å². The third-order valence-corrected chi connectivity index (χ3v) is 5.11. The lowest BCUT2D eigenvalue weighted by atomic mass is 10.2. The molecule has 0 radical (unpaired) electrons. The van der Waals surface area contributed by atoms with Gasteiger partial charge in [0.15, 0.2) is 0 Å². The van der Waals surface area contributed by atoms with Gasteiger partial charge in [-0.1, -0.05) is 53.5 Å². The smallest absolute Gasteiger partial charge is 0.248 e. The van der Waals surface area contributed by atoms with Gasteiger partial charge >= 0.3 is 0 Å². The summed E-state index contributed by atoms with van der Waals surface area (Å²) in [5.74, 6) is 0.527. The van der Waals surface area contributed by atoms with Crippen molar-refractivity contribution in [1.29, 1.82) is 0 Å². The van der Waals surface area contributed by atoms with Crippen molar-refractivity contribution in [2.24, 2.45) is 0 Å². The van der Waals surface area contributed by atoms with Gasteiger partial charge in [-0.3, -0.25) is 4.79 Å². The summed E-state index contributed by atoms with van der Waals surface area (Å²) in [4.78, 5) is 12.4. The molecular formula is C22H21Cl2N3O3. The lowest BCUT2D eigenvalue weighted by Crippen LogP contribution is -2.09. The Hall–Kier alpha value is -2.96. The highest BCUT2D eigenvalue weighted by Gasteiger charge is 2.14. The number of nitrogens with one attached hydrogen (secondary N) is 1. The van der Waals surface area contributed by atoms with Crippen molar-refractivity contribution < 1.29 is 14.3 Å². The molecule has 0 aliphatic carbocycles. The predicted molar refractivity (Wildman–Crippen MR) is 120 cm³/mol. The van der Waals surface area contributed by atoms with E-state index < -0.39 is 0 Å². The van der Waals surface area contributed by atoms with Crippen molar-refractivity contribution >= 4 is 40.9 Å². The van der Waals surface area contributed by atoms with E-state index in [-0.39, 0.29) is 5.91 Å². The van der Waals surface area contributed by atoms with Crippen LogP contribution >= 0.6 is 23.2 Å². The number of hydrogen-bond acceptors (Lipinski definition) is 4. The number of anilines is 1. The zero-order chi connectivity index (χ0) is 21.7. The molecule has 1 heterocycles. The molecule has 0 fully saturated rings. The minimum Gasteiger partial charge on any atom is -0.495 e. The maximum Gasteiger partial charge on any atom is 0.248 e. The number of hydrogen-bond donors (Lipinski definition) is 1. The highest BCUT2D eigenvalue weighted by Crippen LogP contribution is 2.36. The van der Waals surface area contributed by atoms with Crippen LogP contribution in [0.2, 0.25) is 10.2 Å². The molecule has 1 aromatic heterocycles. The fourth-order valence-electron chi connectivity index (χ4n) is 2.91. The molecule has 156 valence electrons. The average molecular weight is 446 g/mol. The Balaban J connectivity index is 1.76. The Morgan fingerprint density at radius 3 is 2.50 bits per heavy atom. The van der Waals surface area contributed by atoms with Crippen molar-refractivity contribution in [2.45, 2.75) is 13.5 Å². The van der Waals surface area contributed by atoms with Gasteiger partial charge in [-0.2, -0.15) is 5.10 Å². The number of methoxy groups -OCH3 is 2. The van der Waals surface area contributed by atoms with Crippen molar-refractivity contribution in [2.75, 3.05) is 19.5 Å². The zero-order valence-corrected chi connectivity index (χ0v) is 18.3. The van der Waals surface area contributed by atoms with E-state index in [2.05, 4.69) is 10.4 Å². The largest absolute Gasteiger partial charge is 0.495 e. The molecule has 30 heavy (non-hydrogen) atoms. The summed E-state index contributed by atoms with van der Waals surface area (Å²) >= 11 is 12.6. The minimum atomic E-state index is -0.360. The average Bonchev–Trinajstić information content (AvgIpc) is 3.00. The molecule has 0 aliphatic rings.